The van der Waals surface area contributed by atoms with E-state index in [0.717, 1.165) is 31.6 Å². The van der Waals surface area contributed by atoms with Crippen molar-refractivity contribution in [3.63, 3.8) is 0 Å². The van der Waals surface area contributed by atoms with E-state index in [0.29, 0.717) is 12.5 Å². The Bertz CT molecular complexity index is 562. The smallest absolute Gasteiger partial charge is 0.119 e. The second-order valence-electron chi connectivity index (χ2n) is 5.83. The van der Waals surface area contributed by atoms with E-state index < -0.39 is 0 Å². The summed E-state index contributed by atoms with van der Waals surface area (Å²) in [6, 6.07) is 17.0. The van der Waals surface area contributed by atoms with E-state index in [9.17, 15) is 0 Å². The van der Waals surface area contributed by atoms with Gasteiger partial charge in [-0.05, 0) is 61.9 Å². The Morgan fingerprint density at radius 3 is 2.55 bits per heavy atom. The number of hydrogen-bond donors (Lipinski definition) is 1. The van der Waals surface area contributed by atoms with Crippen LogP contribution in [0.1, 0.15) is 42.4 Å². The van der Waals surface area contributed by atoms with Crippen molar-refractivity contribution in [2.45, 2.75) is 39.0 Å². The molecule has 0 aliphatic carbocycles. The van der Waals surface area contributed by atoms with Crippen molar-refractivity contribution in [3.8, 4) is 5.75 Å². The van der Waals surface area contributed by atoms with E-state index in [4.69, 9.17) is 10.5 Å². The molecule has 0 saturated carbocycles. The number of rotatable bonds is 8. The Hall–Kier alpha value is -1.80. The van der Waals surface area contributed by atoms with E-state index in [1.165, 1.54) is 16.7 Å². The van der Waals surface area contributed by atoms with Crippen molar-refractivity contribution in [3.05, 3.63) is 65.2 Å². The average Bonchev–Trinajstić information content (AvgIpc) is 2.56. The van der Waals surface area contributed by atoms with Crippen molar-refractivity contribution >= 4 is 0 Å². The van der Waals surface area contributed by atoms with Crippen molar-refractivity contribution < 1.29 is 4.74 Å². The molecular formula is C20H27NO. The third-order valence-corrected chi connectivity index (χ3v) is 4.11. The van der Waals surface area contributed by atoms with Gasteiger partial charge in [-0.3, -0.25) is 0 Å². The molecule has 0 spiro atoms. The maximum Gasteiger partial charge on any atom is 0.119 e. The second kappa shape index (κ2) is 8.60. The molecule has 2 aromatic carbocycles. The van der Waals surface area contributed by atoms with Gasteiger partial charge in [0.1, 0.15) is 5.75 Å². The van der Waals surface area contributed by atoms with Crippen LogP contribution in [0.2, 0.25) is 0 Å². The minimum absolute atomic E-state index is 0.422. The highest BCUT2D eigenvalue weighted by molar-refractivity contribution is 5.28. The summed E-state index contributed by atoms with van der Waals surface area (Å²) in [6.45, 7) is 5.70. The van der Waals surface area contributed by atoms with Gasteiger partial charge in [-0.2, -0.15) is 0 Å². The number of ether oxygens (including phenoxy) is 1. The first-order valence-electron chi connectivity index (χ1n) is 8.21. The van der Waals surface area contributed by atoms with Gasteiger partial charge in [-0.1, -0.05) is 48.9 Å². The van der Waals surface area contributed by atoms with Crippen LogP contribution in [-0.2, 0) is 6.42 Å². The fourth-order valence-corrected chi connectivity index (χ4v) is 2.63. The standard InChI is InChI=1S/C20H27NO/c1-3-17-6-4-8-20(14-17)22-13-5-7-19(15-21)18-11-9-16(2)10-12-18/h4,6,8-12,14,19H,3,5,7,13,15,21H2,1-2H3. The molecule has 22 heavy (non-hydrogen) atoms. The van der Waals surface area contributed by atoms with E-state index in [1.807, 2.05) is 6.07 Å². The minimum Gasteiger partial charge on any atom is -0.494 e. The first-order chi connectivity index (χ1) is 10.7. The maximum atomic E-state index is 5.93. The lowest BCUT2D eigenvalue weighted by Crippen LogP contribution is -2.13. The molecule has 0 fully saturated rings. The van der Waals surface area contributed by atoms with Gasteiger partial charge in [0, 0.05) is 0 Å². The lowest BCUT2D eigenvalue weighted by atomic mass is 9.94. The molecule has 118 valence electrons. The van der Waals surface area contributed by atoms with E-state index in [-0.39, 0.29) is 0 Å². The molecule has 2 N–H and O–H groups in total. The van der Waals surface area contributed by atoms with Crippen LogP contribution >= 0.6 is 0 Å². The van der Waals surface area contributed by atoms with E-state index >= 15 is 0 Å². The van der Waals surface area contributed by atoms with Gasteiger partial charge >= 0.3 is 0 Å². The van der Waals surface area contributed by atoms with Gasteiger partial charge in [-0.15, -0.1) is 0 Å². The third-order valence-electron chi connectivity index (χ3n) is 4.11. The molecule has 0 heterocycles. The summed E-state index contributed by atoms with van der Waals surface area (Å²) >= 11 is 0. The quantitative estimate of drug-likeness (QED) is 0.730. The molecule has 2 heteroatoms. The number of nitrogens with two attached hydrogens (primary N) is 1. The van der Waals surface area contributed by atoms with Gasteiger partial charge in [0.25, 0.3) is 0 Å². The topological polar surface area (TPSA) is 35.2 Å². The summed E-state index contributed by atoms with van der Waals surface area (Å²) in [5.41, 5.74) is 9.87. The van der Waals surface area contributed by atoms with Crippen LogP contribution in [0.25, 0.3) is 0 Å². The lowest BCUT2D eigenvalue weighted by molar-refractivity contribution is 0.301. The van der Waals surface area contributed by atoms with Crippen LogP contribution in [0.3, 0.4) is 0 Å². The van der Waals surface area contributed by atoms with E-state index in [2.05, 4.69) is 56.3 Å². The summed E-state index contributed by atoms with van der Waals surface area (Å²) in [7, 11) is 0. The Labute approximate surface area is 134 Å². The molecule has 0 aliphatic rings. The highest BCUT2D eigenvalue weighted by Crippen LogP contribution is 2.21. The Morgan fingerprint density at radius 2 is 1.86 bits per heavy atom. The number of benzene rings is 2. The van der Waals surface area contributed by atoms with Crippen molar-refractivity contribution in [1.82, 2.24) is 0 Å². The third kappa shape index (κ3) is 4.88. The molecule has 0 radical (unpaired) electrons. The van der Waals surface area contributed by atoms with Crippen LogP contribution in [0, 0.1) is 6.92 Å². The molecule has 2 rings (SSSR count). The zero-order valence-electron chi connectivity index (χ0n) is 13.7. The van der Waals surface area contributed by atoms with Crippen LogP contribution in [0.15, 0.2) is 48.5 Å². The summed E-state index contributed by atoms with van der Waals surface area (Å²) in [6.07, 6.45) is 3.12. The van der Waals surface area contributed by atoms with Crippen LogP contribution in [-0.4, -0.2) is 13.2 Å². The van der Waals surface area contributed by atoms with Crippen LogP contribution in [0.5, 0.6) is 5.75 Å². The molecule has 0 saturated heterocycles. The van der Waals surface area contributed by atoms with E-state index in [1.54, 1.807) is 0 Å². The molecule has 0 amide bonds. The zero-order chi connectivity index (χ0) is 15.8. The molecule has 0 aromatic heterocycles. The first-order valence-corrected chi connectivity index (χ1v) is 8.21. The second-order valence-corrected chi connectivity index (χ2v) is 5.83. The van der Waals surface area contributed by atoms with Crippen molar-refractivity contribution in [2.24, 2.45) is 5.73 Å². The summed E-state index contributed by atoms with van der Waals surface area (Å²) in [5.74, 6) is 1.39. The number of aryl methyl sites for hydroxylation is 2. The molecule has 1 atom stereocenters. The first kappa shape index (κ1) is 16.6. The largest absolute Gasteiger partial charge is 0.494 e. The van der Waals surface area contributed by atoms with Crippen LogP contribution in [0.4, 0.5) is 0 Å². The molecule has 0 aliphatic heterocycles. The maximum absolute atomic E-state index is 5.93. The molecular weight excluding hydrogens is 270 g/mol. The Balaban J connectivity index is 1.80. The normalized spacial score (nSPS) is 12.1. The monoisotopic (exact) mass is 297 g/mol. The Kier molecular flexibility index (Phi) is 6.47. The highest BCUT2D eigenvalue weighted by atomic mass is 16.5. The molecule has 2 nitrogen and oxygen atoms in total. The predicted octanol–water partition coefficient (Wildman–Crippen LogP) is 4.46. The SMILES string of the molecule is CCc1cccc(OCCCC(CN)c2ccc(C)cc2)c1. The van der Waals surface area contributed by atoms with Gasteiger partial charge in [0.2, 0.25) is 0 Å². The molecule has 2 aromatic rings. The highest BCUT2D eigenvalue weighted by Gasteiger charge is 2.09. The predicted molar refractivity (Wildman–Crippen MR) is 93.5 cm³/mol. The average molecular weight is 297 g/mol. The van der Waals surface area contributed by atoms with Gasteiger partial charge in [-0.25, -0.2) is 0 Å². The van der Waals surface area contributed by atoms with Crippen molar-refractivity contribution in [2.75, 3.05) is 13.2 Å². The summed E-state index contributed by atoms with van der Waals surface area (Å²) < 4.78 is 5.86. The van der Waals surface area contributed by atoms with Gasteiger partial charge < -0.3 is 10.5 Å². The minimum atomic E-state index is 0.422. The van der Waals surface area contributed by atoms with Gasteiger partial charge in [0.05, 0.1) is 6.61 Å². The Morgan fingerprint density at radius 1 is 1.09 bits per heavy atom. The zero-order valence-corrected chi connectivity index (χ0v) is 13.7. The van der Waals surface area contributed by atoms with Crippen LogP contribution < -0.4 is 10.5 Å². The van der Waals surface area contributed by atoms with Crippen molar-refractivity contribution in [1.29, 1.82) is 0 Å². The number of hydrogen-bond acceptors (Lipinski definition) is 2. The fourth-order valence-electron chi connectivity index (χ4n) is 2.63. The molecule has 1 unspecified atom stereocenters. The summed E-state index contributed by atoms with van der Waals surface area (Å²) in [4.78, 5) is 0. The summed E-state index contributed by atoms with van der Waals surface area (Å²) in [5, 5.41) is 0. The van der Waals surface area contributed by atoms with Gasteiger partial charge in [0.15, 0.2) is 0 Å². The fraction of sp³-hybridized carbons (Fsp3) is 0.400. The molecule has 0 bridgehead atoms. The lowest BCUT2D eigenvalue weighted by Gasteiger charge is -2.16.